The first kappa shape index (κ1) is 16.3. The maximum atomic E-state index is 3.74. The van der Waals surface area contributed by atoms with E-state index < -0.39 is 0 Å². The number of piperidine rings is 1. The van der Waals surface area contributed by atoms with Gasteiger partial charge in [-0.15, -0.1) is 0 Å². The van der Waals surface area contributed by atoms with Crippen LogP contribution in [0.1, 0.15) is 46.0 Å². The molecule has 20 heavy (non-hydrogen) atoms. The number of nitrogens with zero attached hydrogens (tertiary/aromatic N) is 2. The van der Waals surface area contributed by atoms with Gasteiger partial charge in [-0.2, -0.15) is 0 Å². The van der Waals surface area contributed by atoms with Crippen LogP contribution in [-0.4, -0.2) is 62.7 Å². The quantitative estimate of drug-likeness (QED) is 0.737. The zero-order chi connectivity index (χ0) is 14.6. The van der Waals surface area contributed by atoms with Crippen LogP contribution in [0.4, 0.5) is 0 Å². The molecule has 0 aromatic carbocycles. The fraction of sp³-hybridized carbons (Fsp3) is 1.00. The van der Waals surface area contributed by atoms with Gasteiger partial charge in [-0.3, -0.25) is 0 Å². The summed E-state index contributed by atoms with van der Waals surface area (Å²) < 4.78 is 0. The molecule has 0 aromatic heterocycles. The molecule has 3 heteroatoms. The van der Waals surface area contributed by atoms with Gasteiger partial charge in [0.15, 0.2) is 0 Å². The predicted octanol–water partition coefficient (Wildman–Crippen LogP) is 2.43. The van der Waals surface area contributed by atoms with Gasteiger partial charge in [0.25, 0.3) is 0 Å². The second-order valence-electron chi connectivity index (χ2n) is 7.80. The summed E-state index contributed by atoms with van der Waals surface area (Å²) in [5.74, 6) is 0.915. The Morgan fingerprint density at radius 1 is 1.15 bits per heavy atom. The SMILES string of the molecule is CCC(C)(CNC1CC1)CN1CCC(CN(C)C)CC1. The van der Waals surface area contributed by atoms with Crippen LogP contribution in [0.15, 0.2) is 0 Å². The molecule has 0 spiro atoms. The molecular formula is C17H35N3. The summed E-state index contributed by atoms with van der Waals surface area (Å²) in [5, 5.41) is 3.74. The largest absolute Gasteiger partial charge is 0.313 e. The highest BCUT2D eigenvalue weighted by Crippen LogP contribution is 2.27. The average molecular weight is 281 g/mol. The highest BCUT2D eigenvalue weighted by atomic mass is 15.1. The number of hydrogen-bond acceptors (Lipinski definition) is 3. The Morgan fingerprint density at radius 3 is 2.30 bits per heavy atom. The molecule has 2 rings (SSSR count). The molecule has 0 aromatic rings. The van der Waals surface area contributed by atoms with Gasteiger partial charge in [-0.05, 0) is 70.6 Å². The molecular weight excluding hydrogens is 246 g/mol. The fourth-order valence-electron chi connectivity index (χ4n) is 3.35. The first-order chi connectivity index (χ1) is 9.50. The first-order valence-corrected chi connectivity index (χ1v) is 8.61. The standard InChI is InChI=1S/C17H35N3/c1-5-17(2,13-18-16-6-7-16)14-20-10-8-15(9-11-20)12-19(3)4/h15-16,18H,5-14H2,1-4H3. The molecule has 2 fully saturated rings. The van der Waals surface area contributed by atoms with Crippen LogP contribution < -0.4 is 5.32 Å². The third kappa shape index (κ3) is 5.34. The van der Waals surface area contributed by atoms with Gasteiger partial charge in [-0.25, -0.2) is 0 Å². The van der Waals surface area contributed by atoms with Crippen LogP contribution in [0, 0.1) is 11.3 Å². The van der Waals surface area contributed by atoms with Crippen LogP contribution in [0.5, 0.6) is 0 Å². The molecule has 1 heterocycles. The molecule has 3 nitrogen and oxygen atoms in total. The molecule has 1 atom stereocenters. The highest BCUT2D eigenvalue weighted by molar-refractivity contribution is 4.87. The van der Waals surface area contributed by atoms with E-state index in [4.69, 9.17) is 0 Å². The zero-order valence-electron chi connectivity index (χ0n) is 14.1. The van der Waals surface area contributed by atoms with Crippen molar-refractivity contribution < 1.29 is 0 Å². The van der Waals surface area contributed by atoms with Gasteiger partial charge in [0.05, 0.1) is 0 Å². The molecule has 0 bridgehead atoms. The summed E-state index contributed by atoms with van der Waals surface area (Å²) in [7, 11) is 4.40. The minimum atomic E-state index is 0.455. The predicted molar refractivity (Wildman–Crippen MR) is 87.1 cm³/mol. The van der Waals surface area contributed by atoms with Crippen molar-refractivity contribution in [3.05, 3.63) is 0 Å². The molecule has 118 valence electrons. The Balaban J connectivity index is 1.71. The molecule has 1 saturated carbocycles. The lowest BCUT2D eigenvalue weighted by Gasteiger charge is -2.39. The second-order valence-corrected chi connectivity index (χ2v) is 7.80. The lowest BCUT2D eigenvalue weighted by molar-refractivity contribution is 0.106. The third-order valence-electron chi connectivity index (χ3n) is 5.18. The van der Waals surface area contributed by atoms with E-state index in [1.54, 1.807) is 0 Å². The number of hydrogen-bond donors (Lipinski definition) is 1. The maximum absolute atomic E-state index is 3.74. The monoisotopic (exact) mass is 281 g/mol. The van der Waals surface area contributed by atoms with E-state index in [1.807, 2.05) is 0 Å². The molecule has 2 aliphatic rings. The van der Waals surface area contributed by atoms with Gasteiger partial charge in [0, 0.05) is 25.7 Å². The molecule has 1 saturated heterocycles. The van der Waals surface area contributed by atoms with Crippen LogP contribution in [0.25, 0.3) is 0 Å². The summed E-state index contributed by atoms with van der Waals surface area (Å²) in [5.41, 5.74) is 0.455. The third-order valence-corrected chi connectivity index (χ3v) is 5.18. The van der Waals surface area contributed by atoms with E-state index in [0.717, 1.165) is 12.0 Å². The van der Waals surface area contributed by atoms with Gasteiger partial charge >= 0.3 is 0 Å². The van der Waals surface area contributed by atoms with E-state index in [9.17, 15) is 0 Å². The Labute approximate surface area is 126 Å². The smallest absolute Gasteiger partial charge is 0.00684 e. The van der Waals surface area contributed by atoms with E-state index in [2.05, 4.69) is 43.1 Å². The summed E-state index contributed by atoms with van der Waals surface area (Å²) in [6.07, 6.45) is 6.85. The lowest BCUT2D eigenvalue weighted by atomic mass is 9.85. The maximum Gasteiger partial charge on any atom is 0.00684 e. The summed E-state index contributed by atoms with van der Waals surface area (Å²) in [6, 6.07) is 0.840. The van der Waals surface area contributed by atoms with Crippen molar-refractivity contribution in [1.29, 1.82) is 0 Å². The average Bonchev–Trinajstić information content (AvgIpc) is 3.22. The summed E-state index contributed by atoms with van der Waals surface area (Å²) >= 11 is 0. The molecule has 1 aliphatic heterocycles. The van der Waals surface area contributed by atoms with Crippen molar-refractivity contribution in [3.63, 3.8) is 0 Å². The van der Waals surface area contributed by atoms with E-state index in [-0.39, 0.29) is 0 Å². The normalized spacial score (nSPS) is 25.1. The van der Waals surface area contributed by atoms with Gasteiger partial charge in [0.2, 0.25) is 0 Å². The Hall–Kier alpha value is -0.120. The zero-order valence-corrected chi connectivity index (χ0v) is 14.1. The van der Waals surface area contributed by atoms with Crippen molar-refractivity contribution in [2.75, 3.05) is 46.8 Å². The van der Waals surface area contributed by atoms with Crippen LogP contribution >= 0.6 is 0 Å². The number of rotatable bonds is 8. The van der Waals surface area contributed by atoms with Crippen molar-refractivity contribution >= 4 is 0 Å². The second kappa shape index (κ2) is 7.24. The minimum absolute atomic E-state index is 0.455. The van der Waals surface area contributed by atoms with E-state index in [0.29, 0.717) is 5.41 Å². The minimum Gasteiger partial charge on any atom is -0.313 e. The van der Waals surface area contributed by atoms with Gasteiger partial charge in [0.1, 0.15) is 0 Å². The Morgan fingerprint density at radius 2 is 1.80 bits per heavy atom. The summed E-state index contributed by atoms with van der Waals surface area (Å²) in [6.45, 7) is 11.2. The van der Waals surface area contributed by atoms with Crippen LogP contribution in [0.2, 0.25) is 0 Å². The van der Waals surface area contributed by atoms with E-state index >= 15 is 0 Å². The molecule has 1 unspecified atom stereocenters. The van der Waals surface area contributed by atoms with Crippen molar-refractivity contribution in [1.82, 2.24) is 15.1 Å². The lowest BCUT2D eigenvalue weighted by Crippen LogP contribution is -2.46. The van der Waals surface area contributed by atoms with Gasteiger partial charge < -0.3 is 15.1 Å². The van der Waals surface area contributed by atoms with Crippen LogP contribution in [0.3, 0.4) is 0 Å². The molecule has 0 amide bonds. The number of nitrogens with one attached hydrogen (secondary N) is 1. The van der Waals surface area contributed by atoms with Crippen molar-refractivity contribution in [2.24, 2.45) is 11.3 Å². The topological polar surface area (TPSA) is 18.5 Å². The Bertz CT molecular complexity index is 280. The Kier molecular flexibility index (Phi) is 5.88. The van der Waals surface area contributed by atoms with Crippen molar-refractivity contribution in [3.8, 4) is 0 Å². The molecule has 1 N–H and O–H groups in total. The van der Waals surface area contributed by atoms with Crippen LogP contribution in [-0.2, 0) is 0 Å². The van der Waals surface area contributed by atoms with Crippen molar-refractivity contribution in [2.45, 2.75) is 52.0 Å². The van der Waals surface area contributed by atoms with Gasteiger partial charge in [-0.1, -0.05) is 13.8 Å². The first-order valence-electron chi connectivity index (χ1n) is 8.61. The number of likely N-dealkylation sites (tertiary alicyclic amines) is 1. The molecule has 0 radical (unpaired) electrons. The summed E-state index contributed by atoms with van der Waals surface area (Å²) in [4.78, 5) is 5.06. The fourth-order valence-corrected chi connectivity index (χ4v) is 3.35. The van der Waals surface area contributed by atoms with E-state index in [1.165, 1.54) is 64.8 Å². The highest BCUT2D eigenvalue weighted by Gasteiger charge is 2.30. The molecule has 1 aliphatic carbocycles.